The van der Waals surface area contributed by atoms with Crippen LogP contribution in [0.2, 0.25) is 0 Å². The number of anilines is 3. The van der Waals surface area contributed by atoms with Crippen LogP contribution in [0.4, 0.5) is 17.1 Å². The van der Waals surface area contributed by atoms with Crippen molar-refractivity contribution in [1.29, 1.82) is 0 Å². The van der Waals surface area contributed by atoms with E-state index in [1.54, 1.807) is 0 Å². The van der Waals surface area contributed by atoms with Crippen LogP contribution in [0.3, 0.4) is 0 Å². The Labute approximate surface area is 260 Å². The number of aromatic nitrogens is 1. The van der Waals surface area contributed by atoms with Crippen LogP contribution in [0.25, 0.3) is 60.6 Å². The summed E-state index contributed by atoms with van der Waals surface area (Å²) in [5, 5.41) is 4.65. The second-order valence-electron chi connectivity index (χ2n) is 11.3. The summed E-state index contributed by atoms with van der Waals surface area (Å²) in [6, 6.07) is 60.0. The highest BCUT2D eigenvalue weighted by molar-refractivity contribution is 6.29. The molecule has 0 aliphatic rings. The third kappa shape index (κ3) is 3.98. The van der Waals surface area contributed by atoms with Gasteiger partial charge in [-0.3, -0.25) is 0 Å². The van der Waals surface area contributed by atoms with Crippen molar-refractivity contribution >= 4 is 60.8 Å². The molecule has 0 fully saturated rings. The minimum Gasteiger partial charge on any atom is -0.456 e. The molecule has 0 spiro atoms. The number of fused-ring (bicyclic) bond motifs is 6. The molecule has 0 bridgehead atoms. The zero-order valence-electron chi connectivity index (χ0n) is 24.5. The topological polar surface area (TPSA) is 21.3 Å². The van der Waals surface area contributed by atoms with Gasteiger partial charge in [0.1, 0.15) is 11.2 Å². The quantitative estimate of drug-likeness (QED) is 0.203. The molecule has 0 aliphatic heterocycles. The number of rotatable bonds is 5. The second-order valence-corrected chi connectivity index (χ2v) is 11.3. The monoisotopic (exact) mass is 576 g/mol. The molecule has 45 heavy (non-hydrogen) atoms. The van der Waals surface area contributed by atoms with Crippen LogP contribution in [-0.4, -0.2) is 4.57 Å². The molecule has 7 aromatic carbocycles. The van der Waals surface area contributed by atoms with Crippen LogP contribution >= 0.6 is 0 Å². The number of hydrogen-bond donors (Lipinski definition) is 0. The highest BCUT2D eigenvalue weighted by Crippen LogP contribution is 2.50. The molecule has 0 radical (unpaired) electrons. The third-order valence-corrected chi connectivity index (χ3v) is 8.75. The maximum Gasteiger partial charge on any atom is 0.138 e. The first kappa shape index (κ1) is 25.4. The minimum absolute atomic E-state index is 0.882. The van der Waals surface area contributed by atoms with Crippen LogP contribution in [-0.2, 0) is 0 Å². The van der Waals surface area contributed by atoms with Gasteiger partial charge < -0.3 is 13.9 Å². The SMILES string of the molecule is c1ccc(-c2c3c(cc4c2c2c(N(c5ccccc5)c5ccccc5)cccc2n4-c2ccccc2)oc2ccccc23)cc1. The summed E-state index contributed by atoms with van der Waals surface area (Å²) in [7, 11) is 0. The maximum atomic E-state index is 6.60. The molecular weight excluding hydrogens is 548 g/mol. The fourth-order valence-electron chi connectivity index (χ4n) is 6.92. The highest BCUT2D eigenvalue weighted by atomic mass is 16.3. The molecule has 2 heterocycles. The number of furan rings is 1. The standard InChI is InChI=1S/C42H28N2O/c1-5-16-29(17-6-1)39-40-33-24-13-14-27-37(33)45-38(40)28-36-42(39)41-34(25-15-26-35(41)44(36)32-22-11-4-12-23-32)43(30-18-7-2-8-19-30)31-20-9-3-10-21-31/h1-28H. The summed E-state index contributed by atoms with van der Waals surface area (Å²) in [6.07, 6.45) is 0. The molecule has 0 atom stereocenters. The minimum atomic E-state index is 0.882. The molecule has 3 heteroatoms. The fourth-order valence-corrected chi connectivity index (χ4v) is 6.92. The van der Waals surface area contributed by atoms with Crippen molar-refractivity contribution in [3.05, 3.63) is 170 Å². The van der Waals surface area contributed by atoms with Gasteiger partial charge in [0, 0.05) is 50.2 Å². The van der Waals surface area contributed by atoms with E-state index in [1.165, 1.54) is 16.3 Å². The van der Waals surface area contributed by atoms with E-state index in [0.717, 1.165) is 61.3 Å². The summed E-state index contributed by atoms with van der Waals surface area (Å²) >= 11 is 0. The van der Waals surface area contributed by atoms with Crippen LogP contribution < -0.4 is 4.90 Å². The van der Waals surface area contributed by atoms with Gasteiger partial charge in [-0.05, 0) is 60.2 Å². The summed E-state index contributed by atoms with van der Waals surface area (Å²) in [5.74, 6) is 0. The van der Waals surface area contributed by atoms with Gasteiger partial charge in [0.15, 0.2) is 0 Å². The first-order valence-corrected chi connectivity index (χ1v) is 15.3. The van der Waals surface area contributed by atoms with Crippen molar-refractivity contribution in [2.45, 2.75) is 0 Å². The van der Waals surface area contributed by atoms with Crippen molar-refractivity contribution in [3.8, 4) is 16.8 Å². The molecule has 0 amide bonds. The Hall–Kier alpha value is -6.06. The zero-order chi connectivity index (χ0) is 29.7. The molecule has 0 N–H and O–H groups in total. The van der Waals surface area contributed by atoms with Gasteiger partial charge in [-0.25, -0.2) is 0 Å². The smallest absolute Gasteiger partial charge is 0.138 e. The molecule has 0 unspecified atom stereocenters. The van der Waals surface area contributed by atoms with Crippen LogP contribution in [0.5, 0.6) is 0 Å². The number of nitrogens with zero attached hydrogens (tertiary/aromatic N) is 2. The first-order valence-electron chi connectivity index (χ1n) is 15.3. The first-order chi connectivity index (χ1) is 22.4. The Morgan fingerprint density at radius 3 is 1.73 bits per heavy atom. The maximum absolute atomic E-state index is 6.60. The van der Waals surface area contributed by atoms with Crippen LogP contribution in [0.1, 0.15) is 0 Å². The van der Waals surface area contributed by atoms with E-state index in [4.69, 9.17) is 4.42 Å². The number of para-hydroxylation sites is 4. The van der Waals surface area contributed by atoms with E-state index in [2.05, 4.69) is 173 Å². The lowest BCUT2D eigenvalue weighted by atomic mass is 9.93. The molecule has 0 aliphatic carbocycles. The molecule has 0 saturated heterocycles. The molecule has 2 aromatic heterocycles. The Bertz CT molecular complexity index is 2420. The van der Waals surface area contributed by atoms with E-state index < -0.39 is 0 Å². The van der Waals surface area contributed by atoms with Crippen molar-refractivity contribution in [2.75, 3.05) is 4.90 Å². The Balaban J connectivity index is 1.54. The van der Waals surface area contributed by atoms with E-state index in [0.29, 0.717) is 0 Å². The van der Waals surface area contributed by atoms with E-state index in [9.17, 15) is 0 Å². The lowest BCUT2D eigenvalue weighted by Crippen LogP contribution is -2.10. The van der Waals surface area contributed by atoms with Crippen LogP contribution in [0, 0.1) is 0 Å². The second kappa shape index (κ2) is 10.3. The fraction of sp³-hybridized carbons (Fsp3) is 0. The van der Waals surface area contributed by atoms with Gasteiger partial charge in [0.25, 0.3) is 0 Å². The summed E-state index contributed by atoms with van der Waals surface area (Å²) in [6.45, 7) is 0. The Morgan fingerprint density at radius 1 is 0.444 bits per heavy atom. The number of hydrogen-bond acceptors (Lipinski definition) is 2. The molecule has 9 rings (SSSR count). The van der Waals surface area contributed by atoms with Crippen LogP contribution in [0.15, 0.2) is 174 Å². The molecule has 3 nitrogen and oxygen atoms in total. The van der Waals surface area contributed by atoms with E-state index in [1.807, 2.05) is 6.07 Å². The van der Waals surface area contributed by atoms with Gasteiger partial charge in [0.2, 0.25) is 0 Å². The Morgan fingerprint density at radius 2 is 1.04 bits per heavy atom. The summed E-state index contributed by atoms with van der Waals surface area (Å²) in [4.78, 5) is 2.38. The average molecular weight is 577 g/mol. The van der Waals surface area contributed by atoms with Gasteiger partial charge in [-0.1, -0.05) is 109 Å². The van der Waals surface area contributed by atoms with Crippen molar-refractivity contribution in [3.63, 3.8) is 0 Å². The van der Waals surface area contributed by atoms with Crippen molar-refractivity contribution in [1.82, 2.24) is 4.57 Å². The van der Waals surface area contributed by atoms with E-state index >= 15 is 0 Å². The third-order valence-electron chi connectivity index (χ3n) is 8.75. The largest absolute Gasteiger partial charge is 0.456 e. The zero-order valence-corrected chi connectivity index (χ0v) is 24.5. The van der Waals surface area contributed by atoms with Gasteiger partial charge in [0.05, 0.1) is 16.7 Å². The predicted molar refractivity (Wildman–Crippen MR) is 188 cm³/mol. The highest BCUT2D eigenvalue weighted by Gasteiger charge is 2.26. The molecular formula is C42H28N2O. The number of benzene rings is 7. The van der Waals surface area contributed by atoms with Gasteiger partial charge in [-0.2, -0.15) is 0 Å². The molecule has 9 aromatic rings. The normalized spacial score (nSPS) is 11.6. The summed E-state index contributed by atoms with van der Waals surface area (Å²) in [5.41, 5.74) is 10.8. The van der Waals surface area contributed by atoms with Crippen molar-refractivity contribution < 1.29 is 4.42 Å². The predicted octanol–water partition coefficient (Wildman–Crippen LogP) is 11.8. The molecule has 0 saturated carbocycles. The van der Waals surface area contributed by atoms with Gasteiger partial charge in [-0.15, -0.1) is 0 Å². The Kier molecular flexibility index (Phi) is 5.82. The van der Waals surface area contributed by atoms with E-state index in [-0.39, 0.29) is 0 Å². The molecule has 212 valence electrons. The average Bonchev–Trinajstić information content (AvgIpc) is 3.65. The lowest BCUT2D eigenvalue weighted by molar-refractivity contribution is 0.669. The van der Waals surface area contributed by atoms with Crippen molar-refractivity contribution in [2.24, 2.45) is 0 Å². The summed E-state index contributed by atoms with van der Waals surface area (Å²) < 4.78 is 8.99. The van der Waals surface area contributed by atoms with Gasteiger partial charge >= 0.3 is 0 Å². The lowest BCUT2D eigenvalue weighted by Gasteiger charge is -2.26.